The van der Waals surface area contributed by atoms with E-state index in [9.17, 15) is 27.5 Å². The Labute approximate surface area is 158 Å². The molecule has 3 rings (SSSR count). The summed E-state index contributed by atoms with van der Waals surface area (Å²) >= 11 is 0. The number of carbonyl (C=O) groups is 1. The third-order valence-corrected chi connectivity index (χ3v) is 4.81. The Morgan fingerprint density at radius 1 is 1.36 bits per heavy atom. The number of likely N-dealkylation sites (tertiary alicyclic amines) is 1. The Morgan fingerprint density at radius 3 is 2.68 bits per heavy atom. The van der Waals surface area contributed by atoms with Crippen molar-refractivity contribution < 1.29 is 27.5 Å². The minimum atomic E-state index is -4.77. The summed E-state index contributed by atoms with van der Waals surface area (Å²) in [5.41, 5.74) is -1.97. The molecule has 2 atom stereocenters. The zero-order valence-electron chi connectivity index (χ0n) is 15.1. The van der Waals surface area contributed by atoms with E-state index < -0.39 is 41.3 Å². The molecule has 0 amide bonds. The Hall–Kier alpha value is -2.68. The number of fused-ring (bicyclic) bond motifs is 1. The minimum absolute atomic E-state index is 0.0978. The zero-order valence-corrected chi connectivity index (χ0v) is 15.1. The summed E-state index contributed by atoms with van der Waals surface area (Å²) in [6.45, 7) is 3.95. The quantitative estimate of drug-likeness (QED) is 0.765. The number of pyridine rings is 1. The third-order valence-electron chi connectivity index (χ3n) is 4.81. The van der Waals surface area contributed by atoms with E-state index in [0.29, 0.717) is 18.7 Å². The van der Waals surface area contributed by atoms with Crippen LogP contribution in [0, 0.1) is 0 Å². The lowest BCUT2D eigenvalue weighted by molar-refractivity contribution is -0.0688. The number of alkyl halides is 4. The molecule has 5 nitrogen and oxygen atoms in total. The van der Waals surface area contributed by atoms with Crippen LogP contribution < -0.4 is 5.32 Å². The lowest BCUT2D eigenvalue weighted by atomic mass is 9.99. The van der Waals surface area contributed by atoms with E-state index in [4.69, 9.17) is 0 Å². The van der Waals surface area contributed by atoms with E-state index >= 15 is 0 Å². The lowest BCUT2D eigenvalue weighted by Gasteiger charge is -2.33. The van der Waals surface area contributed by atoms with E-state index in [1.54, 1.807) is 13.1 Å². The van der Waals surface area contributed by atoms with E-state index in [1.807, 2.05) is 4.90 Å². The maximum Gasteiger partial charge on any atom is 0.417 e. The highest BCUT2D eigenvalue weighted by molar-refractivity contribution is 6.03. The second kappa shape index (κ2) is 7.38. The van der Waals surface area contributed by atoms with Crippen molar-refractivity contribution in [2.24, 2.45) is 0 Å². The lowest BCUT2D eigenvalue weighted by Crippen LogP contribution is -2.46. The second-order valence-corrected chi connectivity index (χ2v) is 6.86. The predicted octanol–water partition coefficient (Wildman–Crippen LogP) is 3.96. The molecular formula is C19H19F4N3O2. The fraction of sp³-hybridized carbons (Fsp3) is 0.368. The summed E-state index contributed by atoms with van der Waals surface area (Å²) in [4.78, 5) is 16.9. The van der Waals surface area contributed by atoms with Crippen LogP contribution in [0.15, 0.2) is 30.8 Å². The van der Waals surface area contributed by atoms with Gasteiger partial charge in [-0.3, -0.25) is 0 Å². The van der Waals surface area contributed by atoms with Gasteiger partial charge in [0.15, 0.2) is 0 Å². The van der Waals surface area contributed by atoms with Crippen LogP contribution in [0.3, 0.4) is 0 Å². The van der Waals surface area contributed by atoms with E-state index in [0.717, 1.165) is 0 Å². The van der Waals surface area contributed by atoms with Gasteiger partial charge in [0.25, 0.3) is 0 Å². The van der Waals surface area contributed by atoms with Crippen molar-refractivity contribution in [1.82, 2.24) is 9.88 Å². The number of benzene rings is 1. The van der Waals surface area contributed by atoms with Crippen molar-refractivity contribution in [3.8, 4) is 0 Å². The normalized spacial score (nSPS) is 20.9. The van der Waals surface area contributed by atoms with Crippen LogP contribution in [-0.2, 0) is 0 Å². The molecule has 1 saturated heterocycles. The van der Waals surface area contributed by atoms with Crippen LogP contribution in [0.4, 0.5) is 23.2 Å². The van der Waals surface area contributed by atoms with E-state index in [1.165, 1.54) is 18.2 Å². The van der Waals surface area contributed by atoms with Crippen molar-refractivity contribution in [3.05, 3.63) is 42.2 Å². The Bertz CT molecular complexity index is 929. The van der Waals surface area contributed by atoms with Crippen LogP contribution in [0.25, 0.3) is 16.3 Å². The SMILES string of the molecule is C=C(c1nc(C(=O)O)cc2c(N[C@@H]3CCN(C)C[C@@H]3F)cccc12)C(F)(F)F. The van der Waals surface area contributed by atoms with Crippen LogP contribution in [0.1, 0.15) is 22.6 Å². The fourth-order valence-electron chi connectivity index (χ4n) is 3.30. The van der Waals surface area contributed by atoms with E-state index in [-0.39, 0.29) is 17.3 Å². The number of aromatic carboxylic acids is 1. The van der Waals surface area contributed by atoms with Gasteiger partial charge < -0.3 is 15.3 Å². The van der Waals surface area contributed by atoms with Gasteiger partial charge in [0.2, 0.25) is 0 Å². The number of carboxylic acid groups (broad SMARTS) is 1. The van der Waals surface area contributed by atoms with Crippen molar-refractivity contribution in [3.63, 3.8) is 0 Å². The summed E-state index contributed by atoms with van der Waals surface area (Å²) in [6, 6.07) is 5.17. The molecule has 0 saturated carbocycles. The first-order chi connectivity index (χ1) is 13.1. The molecule has 0 bridgehead atoms. The average Bonchev–Trinajstić information content (AvgIpc) is 2.62. The zero-order chi connectivity index (χ0) is 20.6. The fourth-order valence-corrected chi connectivity index (χ4v) is 3.30. The van der Waals surface area contributed by atoms with Gasteiger partial charge in [0.05, 0.1) is 17.3 Å². The highest BCUT2D eigenvalue weighted by Gasteiger charge is 2.35. The standard InChI is InChI=1S/C19H19F4N3O2/c1-10(19(21,22)23)17-11-4-3-5-14(12(11)8-16(25-17)18(27)28)24-15-6-7-26(2)9-13(15)20/h3-5,8,13,15,24H,1,6-7,9H2,2H3,(H,27,28)/t13-,15+/m0/s1. The number of piperidine rings is 1. The van der Waals surface area contributed by atoms with Crippen LogP contribution in [0.2, 0.25) is 0 Å². The maximum absolute atomic E-state index is 14.4. The molecule has 1 aromatic carbocycles. The van der Waals surface area contributed by atoms with Gasteiger partial charge >= 0.3 is 12.1 Å². The Morgan fingerprint density at radius 2 is 2.07 bits per heavy atom. The average molecular weight is 397 g/mol. The predicted molar refractivity (Wildman–Crippen MR) is 98.2 cm³/mol. The number of halogens is 4. The molecular weight excluding hydrogens is 378 g/mol. The van der Waals surface area contributed by atoms with E-state index in [2.05, 4.69) is 16.9 Å². The molecule has 1 aliphatic heterocycles. The molecule has 28 heavy (non-hydrogen) atoms. The number of hydrogen-bond acceptors (Lipinski definition) is 4. The van der Waals surface area contributed by atoms with Crippen LogP contribution >= 0.6 is 0 Å². The number of rotatable bonds is 4. The number of aromatic nitrogens is 1. The van der Waals surface area contributed by atoms with Gasteiger partial charge in [-0.05, 0) is 25.6 Å². The molecule has 0 unspecified atom stereocenters. The first-order valence-corrected chi connectivity index (χ1v) is 8.60. The molecule has 1 aliphatic rings. The summed E-state index contributed by atoms with van der Waals surface area (Å²) < 4.78 is 54.0. The topological polar surface area (TPSA) is 65.5 Å². The maximum atomic E-state index is 14.4. The molecule has 0 aliphatic carbocycles. The molecule has 2 heterocycles. The molecule has 1 fully saturated rings. The van der Waals surface area contributed by atoms with Crippen LogP contribution in [0.5, 0.6) is 0 Å². The van der Waals surface area contributed by atoms with Crippen molar-refractivity contribution >= 4 is 28.0 Å². The third kappa shape index (κ3) is 3.94. The van der Waals surface area contributed by atoms with Crippen molar-refractivity contribution in [2.75, 3.05) is 25.5 Å². The number of allylic oxidation sites excluding steroid dienone is 1. The molecule has 1 aromatic heterocycles. The summed E-state index contributed by atoms with van der Waals surface area (Å²) in [5, 5.41) is 12.6. The minimum Gasteiger partial charge on any atom is -0.477 e. The van der Waals surface area contributed by atoms with Crippen LogP contribution in [-0.4, -0.2) is 59.5 Å². The smallest absolute Gasteiger partial charge is 0.417 e. The number of nitrogens with one attached hydrogen (secondary N) is 1. The van der Waals surface area contributed by atoms with Gasteiger partial charge in [-0.15, -0.1) is 0 Å². The number of hydrogen-bond donors (Lipinski definition) is 2. The van der Waals surface area contributed by atoms with Gasteiger partial charge in [0, 0.05) is 29.5 Å². The first-order valence-electron chi connectivity index (χ1n) is 8.60. The summed E-state index contributed by atoms with van der Waals surface area (Å²) in [7, 11) is 1.81. The highest BCUT2D eigenvalue weighted by atomic mass is 19.4. The summed E-state index contributed by atoms with van der Waals surface area (Å²) in [5.74, 6) is -1.46. The van der Waals surface area contributed by atoms with Crippen molar-refractivity contribution in [1.29, 1.82) is 0 Å². The highest BCUT2D eigenvalue weighted by Crippen LogP contribution is 2.37. The molecule has 150 valence electrons. The molecule has 2 N–H and O–H groups in total. The van der Waals surface area contributed by atoms with Gasteiger partial charge in [0.1, 0.15) is 11.9 Å². The molecule has 9 heteroatoms. The number of carboxylic acids is 1. The second-order valence-electron chi connectivity index (χ2n) is 6.86. The Balaban J connectivity index is 2.11. The largest absolute Gasteiger partial charge is 0.477 e. The van der Waals surface area contributed by atoms with Crippen molar-refractivity contribution in [2.45, 2.75) is 24.8 Å². The molecule has 2 aromatic rings. The first kappa shape index (κ1) is 20.1. The summed E-state index contributed by atoms with van der Waals surface area (Å²) in [6.07, 6.45) is -5.43. The van der Waals surface area contributed by atoms with Gasteiger partial charge in [-0.2, -0.15) is 13.2 Å². The van der Waals surface area contributed by atoms with Gasteiger partial charge in [-0.1, -0.05) is 18.7 Å². The number of nitrogens with zero attached hydrogens (tertiary/aromatic N) is 2. The molecule has 0 spiro atoms. The molecule has 0 radical (unpaired) electrons. The number of anilines is 1. The van der Waals surface area contributed by atoms with Gasteiger partial charge in [-0.25, -0.2) is 14.2 Å². The Kier molecular flexibility index (Phi) is 5.29. The monoisotopic (exact) mass is 397 g/mol.